The SMILES string of the molecule is Cc1cccc(NC(=O)c2c(N3CCCCCC3)nnc(C(F)(F)F)c2C)c1. The summed E-state index contributed by atoms with van der Waals surface area (Å²) in [5.41, 5.74) is 0.0702. The maximum absolute atomic E-state index is 13.4. The number of amides is 1. The Morgan fingerprint density at radius 3 is 2.36 bits per heavy atom. The Kier molecular flexibility index (Phi) is 5.86. The molecule has 1 fully saturated rings. The number of halogens is 3. The third kappa shape index (κ3) is 4.43. The average Bonchev–Trinajstić information content (AvgIpc) is 2.89. The second-order valence-electron chi connectivity index (χ2n) is 7.09. The van der Waals surface area contributed by atoms with E-state index < -0.39 is 17.8 Å². The highest BCUT2D eigenvalue weighted by Crippen LogP contribution is 2.34. The van der Waals surface area contributed by atoms with Gasteiger partial charge in [-0.15, -0.1) is 10.2 Å². The van der Waals surface area contributed by atoms with E-state index in [1.165, 1.54) is 6.92 Å². The summed E-state index contributed by atoms with van der Waals surface area (Å²) in [6, 6.07) is 7.11. The van der Waals surface area contributed by atoms with Gasteiger partial charge >= 0.3 is 6.18 Å². The van der Waals surface area contributed by atoms with Crippen molar-refractivity contribution in [2.75, 3.05) is 23.3 Å². The molecular formula is C20H23F3N4O. The summed E-state index contributed by atoms with van der Waals surface area (Å²) in [7, 11) is 0. The van der Waals surface area contributed by atoms with Gasteiger partial charge in [-0.05, 0) is 49.9 Å². The van der Waals surface area contributed by atoms with Crippen molar-refractivity contribution in [1.29, 1.82) is 0 Å². The van der Waals surface area contributed by atoms with Crippen LogP contribution in [0.3, 0.4) is 0 Å². The Morgan fingerprint density at radius 2 is 1.75 bits per heavy atom. The zero-order valence-corrected chi connectivity index (χ0v) is 15.9. The maximum atomic E-state index is 13.4. The van der Waals surface area contributed by atoms with Crippen LogP contribution >= 0.6 is 0 Å². The number of aromatic nitrogens is 2. The molecule has 3 rings (SSSR count). The highest BCUT2D eigenvalue weighted by Gasteiger charge is 2.38. The molecule has 8 heteroatoms. The first-order valence-corrected chi connectivity index (χ1v) is 9.35. The largest absolute Gasteiger partial charge is 0.435 e. The molecule has 0 aliphatic carbocycles. The van der Waals surface area contributed by atoms with Gasteiger partial charge in [-0.1, -0.05) is 25.0 Å². The number of carbonyl (C=O) groups excluding carboxylic acids is 1. The summed E-state index contributed by atoms with van der Waals surface area (Å²) in [4.78, 5) is 14.9. The fourth-order valence-corrected chi connectivity index (χ4v) is 3.47. The van der Waals surface area contributed by atoms with Crippen molar-refractivity contribution in [2.24, 2.45) is 0 Å². The van der Waals surface area contributed by atoms with Crippen LogP contribution < -0.4 is 10.2 Å². The van der Waals surface area contributed by atoms with E-state index in [0.29, 0.717) is 18.8 Å². The van der Waals surface area contributed by atoms with E-state index in [1.807, 2.05) is 17.9 Å². The highest BCUT2D eigenvalue weighted by atomic mass is 19.4. The lowest BCUT2D eigenvalue weighted by Crippen LogP contribution is -2.30. The van der Waals surface area contributed by atoms with Crippen molar-refractivity contribution >= 4 is 17.4 Å². The first kappa shape index (κ1) is 20.1. The molecule has 150 valence electrons. The van der Waals surface area contributed by atoms with Crippen LogP contribution in [-0.2, 0) is 6.18 Å². The number of aryl methyl sites for hydroxylation is 1. The molecule has 1 aliphatic heterocycles. The van der Waals surface area contributed by atoms with Crippen molar-refractivity contribution in [3.8, 4) is 0 Å². The Labute approximate surface area is 162 Å². The van der Waals surface area contributed by atoms with Crippen LogP contribution in [0.2, 0.25) is 0 Å². The molecule has 1 saturated heterocycles. The molecule has 0 saturated carbocycles. The van der Waals surface area contributed by atoms with Crippen LogP contribution in [0.5, 0.6) is 0 Å². The van der Waals surface area contributed by atoms with Gasteiger partial charge in [0.1, 0.15) is 0 Å². The van der Waals surface area contributed by atoms with Crippen molar-refractivity contribution in [3.05, 3.63) is 46.6 Å². The molecule has 28 heavy (non-hydrogen) atoms. The van der Waals surface area contributed by atoms with Crippen LogP contribution in [0, 0.1) is 13.8 Å². The number of hydrogen-bond acceptors (Lipinski definition) is 4. The molecule has 2 heterocycles. The molecule has 1 amide bonds. The second-order valence-corrected chi connectivity index (χ2v) is 7.09. The van der Waals surface area contributed by atoms with Gasteiger partial charge in [0.25, 0.3) is 5.91 Å². The topological polar surface area (TPSA) is 58.1 Å². The molecule has 1 aromatic carbocycles. The van der Waals surface area contributed by atoms with Gasteiger partial charge in [0.05, 0.1) is 5.56 Å². The van der Waals surface area contributed by atoms with Crippen LogP contribution in [0.25, 0.3) is 0 Å². The van der Waals surface area contributed by atoms with Gasteiger partial charge in [0.15, 0.2) is 11.5 Å². The molecule has 0 unspecified atom stereocenters. The summed E-state index contributed by atoms with van der Waals surface area (Å²) < 4.78 is 40.1. The normalized spacial score (nSPS) is 15.2. The van der Waals surface area contributed by atoms with Gasteiger partial charge in [-0.25, -0.2) is 0 Å². The molecule has 1 aromatic heterocycles. The van der Waals surface area contributed by atoms with E-state index in [0.717, 1.165) is 31.2 Å². The highest BCUT2D eigenvalue weighted by molar-refractivity contribution is 6.08. The number of nitrogens with one attached hydrogen (secondary N) is 1. The van der Waals surface area contributed by atoms with Crippen LogP contribution in [-0.4, -0.2) is 29.2 Å². The zero-order valence-electron chi connectivity index (χ0n) is 15.9. The fourth-order valence-electron chi connectivity index (χ4n) is 3.47. The molecule has 0 radical (unpaired) electrons. The molecule has 1 N–H and O–H groups in total. The van der Waals surface area contributed by atoms with E-state index in [9.17, 15) is 18.0 Å². The van der Waals surface area contributed by atoms with E-state index in [4.69, 9.17) is 0 Å². The Bertz CT molecular complexity index is 859. The lowest BCUT2D eigenvalue weighted by molar-refractivity contribution is -0.142. The van der Waals surface area contributed by atoms with Gasteiger partial charge in [0.2, 0.25) is 0 Å². The summed E-state index contributed by atoms with van der Waals surface area (Å²) in [5, 5.41) is 9.98. The minimum atomic E-state index is -4.67. The molecule has 0 atom stereocenters. The summed E-state index contributed by atoms with van der Waals surface area (Å²) in [6.45, 7) is 4.44. The predicted octanol–water partition coefficient (Wildman–Crippen LogP) is 4.74. The molecular weight excluding hydrogens is 369 g/mol. The summed E-state index contributed by atoms with van der Waals surface area (Å²) in [5.74, 6) is -0.389. The first-order valence-electron chi connectivity index (χ1n) is 9.35. The van der Waals surface area contributed by atoms with Crippen molar-refractivity contribution in [3.63, 3.8) is 0 Å². The molecule has 1 aliphatic rings. The Hall–Kier alpha value is -2.64. The average molecular weight is 392 g/mol. The van der Waals surface area contributed by atoms with Crippen molar-refractivity contribution in [2.45, 2.75) is 45.7 Å². The summed E-state index contributed by atoms with van der Waals surface area (Å²) in [6.07, 6.45) is -0.767. The van der Waals surface area contributed by atoms with Gasteiger partial charge < -0.3 is 10.2 Å². The van der Waals surface area contributed by atoms with Gasteiger partial charge in [-0.3, -0.25) is 4.79 Å². The van der Waals surface area contributed by atoms with Gasteiger partial charge in [0, 0.05) is 18.8 Å². The minimum Gasteiger partial charge on any atom is -0.354 e. The van der Waals surface area contributed by atoms with Crippen molar-refractivity contribution < 1.29 is 18.0 Å². The third-order valence-corrected chi connectivity index (χ3v) is 4.88. The number of nitrogens with zero attached hydrogens (tertiary/aromatic N) is 3. The second kappa shape index (κ2) is 8.16. The molecule has 0 bridgehead atoms. The Morgan fingerprint density at radius 1 is 1.07 bits per heavy atom. The lowest BCUT2D eigenvalue weighted by atomic mass is 10.1. The zero-order chi connectivity index (χ0) is 20.3. The van der Waals surface area contributed by atoms with E-state index in [2.05, 4.69) is 15.5 Å². The van der Waals surface area contributed by atoms with Gasteiger partial charge in [-0.2, -0.15) is 13.2 Å². The summed E-state index contributed by atoms with van der Waals surface area (Å²) >= 11 is 0. The predicted molar refractivity (Wildman–Crippen MR) is 102 cm³/mol. The number of carbonyl (C=O) groups is 1. The molecule has 2 aromatic rings. The number of rotatable bonds is 3. The number of anilines is 2. The maximum Gasteiger partial charge on any atom is 0.435 e. The van der Waals surface area contributed by atoms with E-state index >= 15 is 0 Å². The van der Waals surface area contributed by atoms with E-state index in [1.54, 1.807) is 18.2 Å². The molecule has 0 spiro atoms. The standard InChI is InChI=1S/C20H23F3N4O/c1-13-8-7-9-15(12-13)24-19(28)16-14(2)17(20(21,22)23)25-26-18(16)27-10-5-3-4-6-11-27/h7-9,12H,3-6,10-11H2,1-2H3,(H,24,28). The Balaban J connectivity index is 2.05. The first-order chi connectivity index (χ1) is 13.3. The third-order valence-electron chi connectivity index (χ3n) is 4.88. The van der Waals surface area contributed by atoms with Crippen molar-refractivity contribution in [1.82, 2.24) is 10.2 Å². The van der Waals surface area contributed by atoms with Crippen LogP contribution in [0.4, 0.5) is 24.7 Å². The quantitative estimate of drug-likeness (QED) is 0.819. The van der Waals surface area contributed by atoms with E-state index in [-0.39, 0.29) is 16.9 Å². The number of benzene rings is 1. The number of hydrogen-bond donors (Lipinski definition) is 1. The monoisotopic (exact) mass is 392 g/mol. The smallest absolute Gasteiger partial charge is 0.354 e. The minimum absolute atomic E-state index is 0.0641. The lowest BCUT2D eigenvalue weighted by Gasteiger charge is -2.25. The van der Waals surface area contributed by atoms with Crippen LogP contribution in [0.15, 0.2) is 24.3 Å². The number of alkyl halides is 3. The molecule has 5 nitrogen and oxygen atoms in total. The fraction of sp³-hybridized carbons (Fsp3) is 0.450. The van der Waals surface area contributed by atoms with Crippen LogP contribution in [0.1, 0.15) is 52.9 Å².